The second kappa shape index (κ2) is 2.88. The first-order valence-corrected chi connectivity index (χ1v) is 3.47. The topological polar surface area (TPSA) is 82.1 Å². The van der Waals surface area contributed by atoms with Gasteiger partial charge < -0.3 is 16.2 Å². The molecular formula is C6H13N3O. The van der Waals surface area contributed by atoms with Gasteiger partial charge in [-0.1, -0.05) is 0 Å². The number of aliphatic hydroxyl groups is 1. The van der Waals surface area contributed by atoms with Crippen LogP contribution in [-0.2, 0) is 0 Å². The molecule has 2 atom stereocenters. The second-order valence-electron chi connectivity index (χ2n) is 2.72. The zero-order valence-electron chi connectivity index (χ0n) is 5.80. The molecule has 0 aromatic carbocycles. The fourth-order valence-electron chi connectivity index (χ4n) is 1.31. The van der Waals surface area contributed by atoms with E-state index in [2.05, 4.69) is 5.32 Å². The van der Waals surface area contributed by atoms with Gasteiger partial charge in [-0.05, 0) is 19.3 Å². The van der Waals surface area contributed by atoms with Gasteiger partial charge in [0.15, 0.2) is 5.96 Å². The molecule has 0 unspecified atom stereocenters. The van der Waals surface area contributed by atoms with E-state index in [-0.39, 0.29) is 18.1 Å². The molecule has 0 aliphatic heterocycles. The summed E-state index contributed by atoms with van der Waals surface area (Å²) in [5, 5.41) is 18.7. The van der Waals surface area contributed by atoms with Crippen LogP contribution in [0, 0.1) is 5.41 Å². The van der Waals surface area contributed by atoms with E-state index < -0.39 is 0 Å². The molecule has 0 heterocycles. The molecule has 0 aromatic rings. The summed E-state index contributed by atoms with van der Waals surface area (Å²) in [5.74, 6) is -0.000833. The van der Waals surface area contributed by atoms with E-state index in [1.54, 1.807) is 0 Å². The highest BCUT2D eigenvalue weighted by atomic mass is 16.3. The smallest absolute Gasteiger partial charge is 0.185 e. The molecule has 1 saturated carbocycles. The van der Waals surface area contributed by atoms with Crippen LogP contribution >= 0.6 is 0 Å². The normalized spacial score (nSPS) is 32.1. The molecule has 4 heteroatoms. The van der Waals surface area contributed by atoms with Gasteiger partial charge in [-0.2, -0.15) is 0 Å². The Kier molecular flexibility index (Phi) is 2.11. The molecule has 4 nitrogen and oxygen atoms in total. The summed E-state index contributed by atoms with van der Waals surface area (Å²) in [6.07, 6.45) is 2.27. The maximum Gasteiger partial charge on any atom is 0.185 e. The number of aliphatic hydroxyl groups excluding tert-OH is 1. The van der Waals surface area contributed by atoms with E-state index in [1.807, 2.05) is 0 Å². The Bertz CT molecular complexity index is 137. The van der Waals surface area contributed by atoms with Crippen molar-refractivity contribution >= 4 is 5.96 Å². The Morgan fingerprint density at radius 2 is 2.30 bits per heavy atom. The Labute approximate surface area is 59.9 Å². The monoisotopic (exact) mass is 143 g/mol. The lowest BCUT2D eigenvalue weighted by Gasteiger charge is -2.10. The van der Waals surface area contributed by atoms with Crippen LogP contribution in [-0.4, -0.2) is 23.2 Å². The first-order valence-electron chi connectivity index (χ1n) is 3.47. The number of hydrogen-bond acceptors (Lipinski definition) is 2. The van der Waals surface area contributed by atoms with Gasteiger partial charge >= 0.3 is 0 Å². The molecule has 0 radical (unpaired) electrons. The second-order valence-corrected chi connectivity index (χ2v) is 2.72. The summed E-state index contributed by atoms with van der Waals surface area (Å²) in [5.41, 5.74) is 5.11. The van der Waals surface area contributed by atoms with Crippen LogP contribution in [0.3, 0.4) is 0 Å². The first kappa shape index (κ1) is 7.34. The number of nitrogens with two attached hydrogens (primary N) is 1. The lowest BCUT2D eigenvalue weighted by atomic mass is 10.2. The molecule has 1 fully saturated rings. The van der Waals surface area contributed by atoms with Crippen molar-refractivity contribution in [2.75, 3.05) is 0 Å². The van der Waals surface area contributed by atoms with Crippen LogP contribution in [0.25, 0.3) is 0 Å². The lowest BCUT2D eigenvalue weighted by Crippen LogP contribution is -2.37. The summed E-state index contributed by atoms with van der Waals surface area (Å²) in [7, 11) is 0. The standard InChI is InChI=1S/C6H13N3O/c7-6(8)9-4-1-2-5(10)3-4/h4-5,10H,1-3H2,(H4,7,8,9)/t4-,5-/m0/s1. The molecule has 1 aliphatic rings. The minimum atomic E-state index is -0.197. The van der Waals surface area contributed by atoms with Crippen LogP contribution in [0.15, 0.2) is 0 Å². The van der Waals surface area contributed by atoms with Crippen molar-refractivity contribution in [2.45, 2.75) is 31.4 Å². The number of rotatable bonds is 1. The van der Waals surface area contributed by atoms with Gasteiger partial charge in [-0.25, -0.2) is 0 Å². The average Bonchev–Trinajstić information content (AvgIpc) is 2.13. The minimum absolute atomic E-state index is 0.000833. The highest BCUT2D eigenvalue weighted by molar-refractivity contribution is 5.74. The molecule has 10 heavy (non-hydrogen) atoms. The van der Waals surface area contributed by atoms with Crippen LogP contribution in [0.1, 0.15) is 19.3 Å². The summed E-state index contributed by atoms with van der Waals surface area (Å²) in [6, 6.07) is 0.215. The van der Waals surface area contributed by atoms with Crippen LogP contribution in [0.2, 0.25) is 0 Å². The third-order valence-electron chi connectivity index (χ3n) is 1.76. The quantitative estimate of drug-likeness (QED) is 0.292. The van der Waals surface area contributed by atoms with Crippen molar-refractivity contribution in [2.24, 2.45) is 5.73 Å². The van der Waals surface area contributed by atoms with E-state index in [0.29, 0.717) is 0 Å². The molecular weight excluding hydrogens is 130 g/mol. The molecule has 1 aliphatic carbocycles. The minimum Gasteiger partial charge on any atom is -0.393 e. The van der Waals surface area contributed by atoms with Gasteiger partial charge in [0.05, 0.1) is 6.10 Å². The van der Waals surface area contributed by atoms with Crippen molar-refractivity contribution in [3.63, 3.8) is 0 Å². The summed E-state index contributed by atoms with van der Waals surface area (Å²) >= 11 is 0. The zero-order valence-corrected chi connectivity index (χ0v) is 5.80. The van der Waals surface area contributed by atoms with Crippen molar-refractivity contribution in [1.82, 2.24) is 5.32 Å². The van der Waals surface area contributed by atoms with E-state index in [0.717, 1.165) is 19.3 Å². The van der Waals surface area contributed by atoms with Gasteiger partial charge in [-0.15, -0.1) is 0 Å². The summed E-state index contributed by atoms with van der Waals surface area (Å²) in [6.45, 7) is 0. The Hall–Kier alpha value is -0.770. The van der Waals surface area contributed by atoms with Crippen molar-refractivity contribution in [1.29, 1.82) is 5.41 Å². The van der Waals surface area contributed by atoms with Crippen molar-refractivity contribution in [3.05, 3.63) is 0 Å². The molecule has 0 bridgehead atoms. The van der Waals surface area contributed by atoms with Gasteiger partial charge in [0, 0.05) is 6.04 Å². The highest BCUT2D eigenvalue weighted by Gasteiger charge is 2.22. The number of nitrogens with one attached hydrogen (secondary N) is 2. The van der Waals surface area contributed by atoms with Gasteiger partial charge in [0.2, 0.25) is 0 Å². The van der Waals surface area contributed by atoms with E-state index in [9.17, 15) is 0 Å². The summed E-state index contributed by atoms with van der Waals surface area (Å²) in [4.78, 5) is 0. The molecule has 1 rings (SSSR count). The molecule has 58 valence electrons. The third kappa shape index (κ3) is 1.88. The Morgan fingerprint density at radius 1 is 1.60 bits per heavy atom. The molecule has 0 spiro atoms. The van der Waals surface area contributed by atoms with E-state index in [4.69, 9.17) is 16.2 Å². The van der Waals surface area contributed by atoms with Crippen molar-refractivity contribution < 1.29 is 5.11 Å². The van der Waals surface area contributed by atoms with Crippen molar-refractivity contribution in [3.8, 4) is 0 Å². The predicted octanol–water partition coefficient (Wildman–Crippen LogP) is -0.617. The molecule has 0 amide bonds. The molecule has 0 saturated heterocycles. The van der Waals surface area contributed by atoms with Gasteiger partial charge in [0.1, 0.15) is 0 Å². The fraction of sp³-hybridized carbons (Fsp3) is 0.833. The van der Waals surface area contributed by atoms with Gasteiger partial charge in [0.25, 0.3) is 0 Å². The maximum absolute atomic E-state index is 9.06. The molecule has 5 N–H and O–H groups in total. The Balaban J connectivity index is 2.24. The predicted molar refractivity (Wildman–Crippen MR) is 38.7 cm³/mol. The average molecular weight is 143 g/mol. The van der Waals surface area contributed by atoms with Crippen LogP contribution in [0.4, 0.5) is 0 Å². The fourth-order valence-corrected chi connectivity index (χ4v) is 1.31. The van der Waals surface area contributed by atoms with Crippen LogP contribution in [0.5, 0.6) is 0 Å². The summed E-state index contributed by atoms with van der Waals surface area (Å²) < 4.78 is 0. The van der Waals surface area contributed by atoms with E-state index in [1.165, 1.54) is 0 Å². The SMILES string of the molecule is N=C(N)N[C@H]1CC[C@H](O)C1. The number of hydrogen-bond donors (Lipinski definition) is 4. The highest BCUT2D eigenvalue weighted by Crippen LogP contribution is 2.18. The third-order valence-corrected chi connectivity index (χ3v) is 1.76. The molecule has 0 aromatic heterocycles. The van der Waals surface area contributed by atoms with E-state index >= 15 is 0 Å². The van der Waals surface area contributed by atoms with Gasteiger partial charge in [-0.3, -0.25) is 5.41 Å². The maximum atomic E-state index is 9.06. The lowest BCUT2D eigenvalue weighted by molar-refractivity contribution is 0.180. The number of guanidine groups is 1. The first-order chi connectivity index (χ1) is 4.68. The van der Waals surface area contributed by atoms with Crippen LogP contribution < -0.4 is 11.1 Å². The largest absolute Gasteiger partial charge is 0.393 e. The zero-order chi connectivity index (χ0) is 7.56. The Morgan fingerprint density at radius 3 is 2.70 bits per heavy atom.